The second-order valence-corrected chi connectivity index (χ2v) is 10.1. The molecule has 0 fully saturated rings. The van der Waals surface area contributed by atoms with Gasteiger partial charge in [0, 0.05) is 36.7 Å². The number of imidazole rings is 1. The monoisotopic (exact) mass is 493 g/mol. The number of carbonyl (C=O) groups is 1. The molecule has 0 aliphatic carbocycles. The van der Waals surface area contributed by atoms with Crippen LogP contribution in [0.1, 0.15) is 44.8 Å². The Morgan fingerprint density at radius 2 is 1.79 bits per heavy atom. The van der Waals surface area contributed by atoms with Crippen LogP contribution < -0.4 is 39.0 Å². The number of nitrogens with zero attached hydrogens (tertiary/aromatic N) is 3. The van der Waals surface area contributed by atoms with Crippen LogP contribution in [0.2, 0.25) is 0 Å². The van der Waals surface area contributed by atoms with Gasteiger partial charge in [0.05, 0.1) is 24.2 Å². The number of aliphatic carboxylic acids is 1. The first-order valence-electron chi connectivity index (χ1n) is 10.2. The SMILES string of the molecule is CC(C)n1c(N(C)S(C)(=O)=O)nc(-c2ccc(F)cc2)c1CC[C@@H](O)C[C@@H](O)CC(=O)[O-].[Na+]. The van der Waals surface area contributed by atoms with E-state index in [0.717, 1.165) is 10.6 Å². The number of benzene rings is 1. The van der Waals surface area contributed by atoms with Crippen LogP contribution in [0.25, 0.3) is 11.3 Å². The number of rotatable bonds is 11. The summed E-state index contributed by atoms with van der Waals surface area (Å²) in [6.07, 6.45) is -1.48. The molecule has 0 aliphatic heterocycles. The molecule has 0 saturated carbocycles. The first-order chi connectivity index (χ1) is 14.8. The van der Waals surface area contributed by atoms with E-state index < -0.39 is 40.4 Å². The van der Waals surface area contributed by atoms with Crippen LogP contribution in [-0.4, -0.2) is 59.7 Å². The Bertz CT molecular complexity index is 1040. The van der Waals surface area contributed by atoms with Crippen LogP contribution in [0, 0.1) is 5.82 Å². The molecule has 0 bridgehead atoms. The molecule has 0 radical (unpaired) electrons. The van der Waals surface area contributed by atoms with Crippen LogP contribution in [0.15, 0.2) is 24.3 Å². The summed E-state index contributed by atoms with van der Waals surface area (Å²) in [6, 6.07) is 5.44. The maximum Gasteiger partial charge on any atom is 1.00 e. The topological polar surface area (TPSA) is 136 Å². The van der Waals surface area contributed by atoms with Gasteiger partial charge in [0.15, 0.2) is 0 Å². The number of halogens is 1. The Morgan fingerprint density at radius 1 is 1.21 bits per heavy atom. The van der Waals surface area contributed by atoms with Crippen LogP contribution >= 0.6 is 0 Å². The van der Waals surface area contributed by atoms with Gasteiger partial charge in [-0.25, -0.2) is 22.1 Å². The van der Waals surface area contributed by atoms with E-state index >= 15 is 0 Å². The molecule has 2 atom stereocenters. The normalized spacial score (nSPS) is 13.5. The van der Waals surface area contributed by atoms with Gasteiger partial charge < -0.3 is 24.7 Å². The molecule has 9 nitrogen and oxygen atoms in total. The van der Waals surface area contributed by atoms with Gasteiger partial charge in [0.2, 0.25) is 16.0 Å². The van der Waals surface area contributed by atoms with Gasteiger partial charge in [0.1, 0.15) is 5.82 Å². The number of carbonyl (C=O) groups excluding carboxylic acids is 1. The molecule has 0 aliphatic rings. The summed E-state index contributed by atoms with van der Waals surface area (Å²) in [5.41, 5.74) is 1.66. The fraction of sp³-hybridized carbons (Fsp3) is 0.524. The maximum atomic E-state index is 13.4. The minimum absolute atomic E-state index is 0. The molecule has 2 aromatic rings. The number of aromatic nitrogens is 2. The summed E-state index contributed by atoms with van der Waals surface area (Å²) >= 11 is 0. The number of carboxylic acid groups (broad SMARTS) is 1. The standard InChI is InChI=1S/C21H30FN3O6S.Na/c1-13(2)25-18(10-9-16(26)11-17(27)12-19(28)29)20(14-5-7-15(22)8-6-14)23-21(25)24(3)32(4,30)31;/h5-8,13,16-17,26-27H,9-12H2,1-4H3,(H,28,29);/q;+1/p-1/t16-,17-;/m1./s1. The van der Waals surface area contributed by atoms with Crippen LogP contribution in [-0.2, 0) is 21.2 Å². The number of sulfonamides is 1. The second kappa shape index (κ2) is 12.3. The number of aliphatic hydroxyl groups is 2. The number of anilines is 1. The third-order valence-corrected chi connectivity index (χ3v) is 6.22. The first kappa shape index (κ1) is 29.5. The maximum absolute atomic E-state index is 13.4. The number of hydrogen-bond acceptors (Lipinski definition) is 7. The van der Waals surface area contributed by atoms with E-state index in [9.17, 15) is 32.9 Å². The van der Waals surface area contributed by atoms with Gasteiger partial charge in [-0.05, 0) is 57.4 Å². The smallest absolute Gasteiger partial charge is 0.550 e. The van der Waals surface area contributed by atoms with Crippen molar-refractivity contribution >= 4 is 21.9 Å². The van der Waals surface area contributed by atoms with Gasteiger partial charge in [-0.1, -0.05) is 0 Å². The minimum Gasteiger partial charge on any atom is -0.550 e. The minimum atomic E-state index is -3.62. The van der Waals surface area contributed by atoms with E-state index in [0.29, 0.717) is 17.0 Å². The summed E-state index contributed by atoms with van der Waals surface area (Å²) in [4.78, 5) is 15.2. The van der Waals surface area contributed by atoms with Crippen molar-refractivity contribution in [2.45, 2.75) is 57.8 Å². The van der Waals surface area contributed by atoms with Gasteiger partial charge in [-0.15, -0.1) is 0 Å². The Morgan fingerprint density at radius 3 is 2.27 bits per heavy atom. The van der Waals surface area contributed by atoms with Crippen molar-refractivity contribution < 1.29 is 62.5 Å². The van der Waals surface area contributed by atoms with E-state index in [1.165, 1.54) is 31.3 Å². The quantitative estimate of drug-likeness (QED) is 0.341. The van der Waals surface area contributed by atoms with E-state index in [2.05, 4.69) is 4.98 Å². The van der Waals surface area contributed by atoms with Crippen molar-refractivity contribution in [2.75, 3.05) is 17.6 Å². The zero-order valence-electron chi connectivity index (χ0n) is 19.5. The molecule has 0 amide bonds. The summed E-state index contributed by atoms with van der Waals surface area (Å²) < 4.78 is 40.6. The van der Waals surface area contributed by atoms with Crippen molar-refractivity contribution in [3.63, 3.8) is 0 Å². The fourth-order valence-corrected chi connectivity index (χ4v) is 3.88. The van der Waals surface area contributed by atoms with Gasteiger partial charge in [-0.3, -0.25) is 0 Å². The molecule has 178 valence electrons. The predicted octanol–water partition coefficient (Wildman–Crippen LogP) is -2.15. The average Bonchev–Trinajstić information content (AvgIpc) is 3.04. The van der Waals surface area contributed by atoms with Gasteiger partial charge >= 0.3 is 29.6 Å². The predicted molar refractivity (Wildman–Crippen MR) is 116 cm³/mol. The Balaban J connectivity index is 0.00000544. The summed E-state index contributed by atoms with van der Waals surface area (Å²) in [5, 5.41) is 30.7. The molecule has 12 heteroatoms. The zero-order chi connectivity index (χ0) is 24.2. The van der Waals surface area contributed by atoms with Crippen LogP contribution in [0.5, 0.6) is 0 Å². The molecule has 0 unspecified atom stereocenters. The van der Waals surface area contributed by atoms with Gasteiger partial charge in [-0.2, -0.15) is 0 Å². The van der Waals surface area contributed by atoms with E-state index in [-0.39, 0.29) is 60.8 Å². The molecular formula is C21H29FN3NaO6S. The molecule has 33 heavy (non-hydrogen) atoms. The van der Waals surface area contributed by atoms with Crippen molar-refractivity contribution in [1.82, 2.24) is 9.55 Å². The van der Waals surface area contributed by atoms with Gasteiger partial charge in [0.25, 0.3) is 0 Å². The summed E-state index contributed by atoms with van der Waals surface area (Å²) in [7, 11) is -2.23. The molecule has 2 N–H and O–H groups in total. The number of aliphatic hydroxyl groups excluding tert-OH is 2. The average molecular weight is 494 g/mol. The van der Waals surface area contributed by atoms with E-state index in [1.807, 2.05) is 13.8 Å². The van der Waals surface area contributed by atoms with E-state index in [4.69, 9.17) is 0 Å². The number of carboxylic acids is 1. The van der Waals surface area contributed by atoms with Crippen LogP contribution in [0.4, 0.5) is 10.3 Å². The number of hydrogen-bond donors (Lipinski definition) is 2. The molecule has 1 heterocycles. The zero-order valence-corrected chi connectivity index (χ0v) is 22.3. The third kappa shape index (κ3) is 8.04. The Hall–Kier alpha value is -1.50. The second-order valence-electron chi connectivity index (χ2n) is 8.07. The molecular weight excluding hydrogens is 464 g/mol. The molecule has 0 saturated heterocycles. The molecule has 0 spiro atoms. The Kier molecular flexibility index (Phi) is 11.0. The summed E-state index contributed by atoms with van der Waals surface area (Å²) in [6.45, 7) is 3.72. The van der Waals surface area contributed by atoms with Crippen molar-refractivity contribution in [2.24, 2.45) is 0 Å². The largest absolute Gasteiger partial charge is 1.00 e. The van der Waals surface area contributed by atoms with E-state index in [1.54, 1.807) is 4.57 Å². The molecule has 2 rings (SSSR count). The third-order valence-electron chi connectivity index (χ3n) is 5.07. The van der Waals surface area contributed by atoms with Crippen LogP contribution in [0.3, 0.4) is 0 Å². The van der Waals surface area contributed by atoms with Crippen molar-refractivity contribution in [3.8, 4) is 11.3 Å². The van der Waals surface area contributed by atoms with Crippen molar-refractivity contribution in [1.29, 1.82) is 0 Å². The molecule has 1 aromatic heterocycles. The Labute approximate surface area is 215 Å². The fourth-order valence-electron chi connectivity index (χ4n) is 3.45. The summed E-state index contributed by atoms with van der Waals surface area (Å²) in [5.74, 6) is -1.65. The van der Waals surface area contributed by atoms with Crippen molar-refractivity contribution in [3.05, 3.63) is 35.8 Å². The molecule has 1 aromatic carbocycles. The first-order valence-corrected chi connectivity index (χ1v) is 12.0.